The van der Waals surface area contributed by atoms with E-state index >= 15 is 0 Å². The lowest BCUT2D eigenvalue weighted by Crippen LogP contribution is -1.97. The predicted octanol–water partition coefficient (Wildman–Crippen LogP) is 2.99. The third kappa shape index (κ3) is 1.98. The van der Waals surface area contributed by atoms with Gasteiger partial charge in [0.05, 0.1) is 5.56 Å². The molecule has 0 amide bonds. The number of aromatic nitrogens is 4. The lowest BCUT2D eigenvalue weighted by atomic mass is 10.1. The van der Waals surface area contributed by atoms with Gasteiger partial charge in [-0.05, 0) is 24.6 Å². The van der Waals surface area contributed by atoms with Gasteiger partial charge in [-0.2, -0.15) is 9.61 Å². The molecule has 0 fully saturated rings. The zero-order valence-corrected chi connectivity index (χ0v) is 11.8. The van der Waals surface area contributed by atoms with E-state index < -0.39 is 0 Å². The number of phenols is 1. The van der Waals surface area contributed by atoms with Crippen molar-refractivity contribution in [1.82, 2.24) is 19.8 Å². The second kappa shape index (κ2) is 4.31. The molecule has 0 bridgehead atoms. The lowest BCUT2D eigenvalue weighted by molar-refractivity contribution is 0.477. The van der Waals surface area contributed by atoms with Gasteiger partial charge in [-0.1, -0.05) is 31.3 Å². The molecular weight excluding hydrogens is 260 g/mol. The van der Waals surface area contributed by atoms with Crippen LogP contribution in [-0.4, -0.2) is 24.9 Å². The molecule has 0 radical (unpaired) electrons. The number of rotatable bonds is 2. The zero-order chi connectivity index (χ0) is 13.6. The first-order valence-corrected chi connectivity index (χ1v) is 6.90. The van der Waals surface area contributed by atoms with Crippen molar-refractivity contribution in [3.05, 3.63) is 29.6 Å². The second-order valence-corrected chi connectivity index (χ2v) is 5.79. The van der Waals surface area contributed by atoms with E-state index in [0.29, 0.717) is 0 Å². The average Bonchev–Trinajstić information content (AvgIpc) is 2.87. The Hall–Kier alpha value is -1.95. The number of nitrogens with zero attached hydrogens (tertiary/aromatic N) is 4. The fraction of sp³-hybridized carbons (Fsp3) is 0.308. The van der Waals surface area contributed by atoms with Crippen molar-refractivity contribution >= 4 is 16.3 Å². The standard InChI is InChI=1S/C13H14N4OS/c1-7(2)11-14-15-13-17(11)16-12(19-13)9-5-4-8(3)6-10(9)18/h4-7,18H,1-3H3. The third-order valence-corrected chi connectivity index (χ3v) is 3.85. The van der Waals surface area contributed by atoms with E-state index in [1.807, 2.05) is 19.1 Å². The van der Waals surface area contributed by atoms with Gasteiger partial charge in [-0.25, -0.2) is 0 Å². The largest absolute Gasteiger partial charge is 0.507 e. The summed E-state index contributed by atoms with van der Waals surface area (Å²) < 4.78 is 1.75. The molecule has 1 N–H and O–H groups in total. The van der Waals surface area contributed by atoms with Crippen molar-refractivity contribution in [2.45, 2.75) is 26.7 Å². The fourth-order valence-electron chi connectivity index (χ4n) is 1.92. The third-order valence-electron chi connectivity index (χ3n) is 2.92. The van der Waals surface area contributed by atoms with Crippen molar-refractivity contribution < 1.29 is 5.11 Å². The number of fused-ring (bicyclic) bond motifs is 1. The number of aryl methyl sites for hydroxylation is 1. The van der Waals surface area contributed by atoms with E-state index in [0.717, 1.165) is 26.9 Å². The highest BCUT2D eigenvalue weighted by Crippen LogP contribution is 2.33. The minimum absolute atomic E-state index is 0.246. The van der Waals surface area contributed by atoms with E-state index in [1.54, 1.807) is 10.6 Å². The summed E-state index contributed by atoms with van der Waals surface area (Å²) in [6, 6.07) is 5.58. The Kier molecular flexibility index (Phi) is 2.74. The van der Waals surface area contributed by atoms with Gasteiger partial charge in [0.2, 0.25) is 4.96 Å². The van der Waals surface area contributed by atoms with Crippen molar-refractivity contribution in [2.24, 2.45) is 0 Å². The zero-order valence-electron chi connectivity index (χ0n) is 11.0. The Balaban J connectivity index is 2.15. The van der Waals surface area contributed by atoms with Crippen molar-refractivity contribution in [2.75, 3.05) is 0 Å². The minimum Gasteiger partial charge on any atom is -0.507 e. The first kappa shape index (κ1) is 12.1. The quantitative estimate of drug-likeness (QED) is 0.780. The molecule has 98 valence electrons. The number of hydrogen-bond acceptors (Lipinski definition) is 5. The van der Waals surface area contributed by atoms with Crippen LogP contribution in [0, 0.1) is 6.92 Å². The molecule has 3 rings (SSSR count). The minimum atomic E-state index is 0.246. The summed E-state index contributed by atoms with van der Waals surface area (Å²) in [6.45, 7) is 6.05. The van der Waals surface area contributed by atoms with Crippen LogP contribution in [0.2, 0.25) is 0 Å². The molecule has 5 nitrogen and oxygen atoms in total. The maximum absolute atomic E-state index is 10.0. The van der Waals surface area contributed by atoms with Crippen LogP contribution in [0.4, 0.5) is 0 Å². The summed E-state index contributed by atoms with van der Waals surface area (Å²) in [5.41, 5.74) is 1.75. The van der Waals surface area contributed by atoms with Gasteiger partial charge in [0.15, 0.2) is 10.8 Å². The summed E-state index contributed by atoms with van der Waals surface area (Å²) in [6.07, 6.45) is 0. The number of benzene rings is 1. The first-order valence-electron chi connectivity index (χ1n) is 6.08. The van der Waals surface area contributed by atoms with E-state index in [-0.39, 0.29) is 11.7 Å². The monoisotopic (exact) mass is 274 g/mol. The van der Waals surface area contributed by atoms with Gasteiger partial charge in [-0.15, -0.1) is 10.2 Å². The maximum Gasteiger partial charge on any atom is 0.234 e. The van der Waals surface area contributed by atoms with Crippen LogP contribution < -0.4 is 0 Å². The predicted molar refractivity (Wildman–Crippen MR) is 74.6 cm³/mol. The Bertz CT molecular complexity index is 744. The lowest BCUT2D eigenvalue weighted by Gasteiger charge is -2.01. The van der Waals surface area contributed by atoms with Gasteiger partial charge in [0.25, 0.3) is 0 Å². The topological polar surface area (TPSA) is 63.3 Å². The van der Waals surface area contributed by atoms with Crippen LogP contribution in [0.15, 0.2) is 18.2 Å². The van der Waals surface area contributed by atoms with Gasteiger partial charge in [-0.3, -0.25) is 0 Å². The molecule has 0 saturated carbocycles. The Labute approximate surface area is 114 Å². The van der Waals surface area contributed by atoms with Gasteiger partial charge < -0.3 is 5.11 Å². The van der Waals surface area contributed by atoms with Crippen LogP contribution >= 0.6 is 11.3 Å². The molecule has 0 spiro atoms. The SMILES string of the molecule is Cc1ccc(-c2nn3c(C(C)C)nnc3s2)c(O)c1. The maximum atomic E-state index is 10.0. The molecule has 0 aliphatic rings. The second-order valence-electron chi connectivity index (χ2n) is 4.84. The van der Waals surface area contributed by atoms with Crippen molar-refractivity contribution in [1.29, 1.82) is 0 Å². The van der Waals surface area contributed by atoms with Gasteiger partial charge in [0, 0.05) is 5.92 Å². The number of aromatic hydroxyl groups is 1. The number of hydrogen-bond donors (Lipinski definition) is 1. The smallest absolute Gasteiger partial charge is 0.234 e. The molecule has 6 heteroatoms. The van der Waals surface area contributed by atoms with E-state index in [4.69, 9.17) is 0 Å². The molecule has 2 aromatic heterocycles. The van der Waals surface area contributed by atoms with E-state index in [2.05, 4.69) is 29.1 Å². The Morgan fingerprint density at radius 2 is 2.05 bits per heavy atom. The molecule has 19 heavy (non-hydrogen) atoms. The summed E-state index contributed by atoms with van der Waals surface area (Å²) in [5, 5.41) is 23.5. The van der Waals surface area contributed by atoms with Crippen LogP contribution in [-0.2, 0) is 0 Å². The Morgan fingerprint density at radius 1 is 1.26 bits per heavy atom. The van der Waals surface area contributed by atoms with Crippen LogP contribution in [0.5, 0.6) is 5.75 Å². The van der Waals surface area contributed by atoms with E-state index in [1.165, 1.54) is 11.3 Å². The normalized spacial score (nSPS) is 11.6. The molecule has 2 heterocycles. The van der Waals surface area contributed by atoms with E-state index in [9.17, 15) is 5.11 Å². The van der Waals surface area contributed by atoms with Crippen LogP contribution in [0.25, 0.3) is 15.5 Å². The molecule has 0 unspecified atom stereocenters. The van der Waals surface area contributed by atoms with Gasteiger partial charge in [0.1, 0.15) is 5.75 Å². The molecule has 3 aromatic rings. The summed E-state index contributed by atoms with van der Waals surface area (Å²) >= 11 is 1.43. The molecule has 1 aromatic carbocycles. The average molecular weight is 274 g/mol. The number of phenolic OH excluding ortho intramolecular Hbond substituents is 1. The highest BCUT2D eigenvalue weighted by molar-refractivity contribution is 7.19. The fourth-order valence-corrected chi connectivity index (χ4v) is 2.80. The summed E-state index contributed by atoms with van der Waals surface area (Å²) in [7, 11) is 0. The first-order chi connectivity index (χ1) is 9.06. The highest BCUT2D eigenvalue weighted by Gasteiger charge is 2.16. The highest BCUT2D eigenvalue weighted by atomic mass is 32.1. The van der Waals surface area contributed by atoms with Gasteiger partial charge >= 0.3 is 0 Å². The van der Waals surface area contributed by atoms with Crippen molar-refractivity contribution in [3.63, 3.8) is 0 Å². The summed E-state index contributed by atoms with van der Waals surface area (Å²) in [5.74, 6) is 1.34. The van der Waals surface area contributed by atoms with Crippen LogP contribution in [0.1, 0.15) is 31.2 Å². The molecule has 0 aliphatic carbocycles. The molecule has 0 atom stereocenters. The molecular formula is C13H14N4OS. The molecule has 0 saturated heterocycles. The van der Waals surface area contributed by atoms with Crippen LogP contribution in [0.3, 0.4) is 0 Å². The summed E-state index contributed by atoms with van der Waals surface area (Å²) in [4.78, 5) is 0.749. The Morgan fingerprint density at radius 3 is 2.74 bits per heavy atom. The molecule has 0 aliphatic heterocycles. The van der Waals surface area contributed by atoms with Crippen molar-refractivity contribution in [3.8, 4) is 16.3 Å².